The molecule has 0 spiro atoms. The number of phenolic OH excluding ortho intramolecular Hbond substituents is 1. The standard InChI is InChI=1S/C14H12N2O3/c17-13-3-1-2-12(8-13)14(18)10-16-6-4-11(5-7-16)9-15-19/h1-9,17H,10H2/p+1. The van der Waals surface area contributed by atoms with Crippen molar-refractivity contribution in [3.8, 4) is 5.75 Å². The molecule has 5 nitrogen and oxygen atoms in total. The Hall–Kier alpha value is -2.69. The molecule has 1 aromatic carbocycles. The number of carbonyl (C=O) groups excluding carboxylic acids is 1. The average molecular weight is 257 g/mol. The van der Waals surface area contributed by atoms with Gasteiger partial charge in [-0.3, -0.25) is 4.79 Å². The molecule has 96 valence electrons. The second-order valence-corrected chi connectivity index (χ2v) is 4.02. The van der Waals surface area contributed by atoms with Crippen LogP contribution in [0.4, 0.5) is 0 Å². The minimum absolute atomic E-state index is 0.0744. The van der Waals surface area contributed by atoms with Crippen LogP contribution in [0.1, 0.15) is 15.9 Å². The van der Waals surface area contributed by atoms with E-state index in [0.717, 1.165) is 5.56 Å². The van der Waals surface area contributed by atoms with E-state index in [-0.39, 0.29) is 18.1 Å². The third-order valence-electron chi connectivity index (χ3n) is 2.62. The summed E-state index contributed by atoms with van der Waals surface area (Å²) in [5.41, 5.74) is 1.21. The van der Waals surface area contributed by atoms with Gasteiger partial charge in [0.25, 0.3) is 0 Å². The van der Waals surface area contributed by atoms with E-state index in [4.69, 9.17) is 5.21 Å². The Morgan fingerprint density at radius 3 is 2.63 bits per heavy atom. The highest BCUT2D eigenvalue weighted by atomic mass is 16.4. The third-order valence-corrected chi connectivity index (χ3v) is 2.62. The van der Waals surface area contributed by atoms with Gasteiger partial charge >= 0.3 is 0 Å². The second-order valence-electron chi connectivity index (χ2n) is 4.02. The van der Waals surface area contributed by atoms with Crippen molar-refractivity contribution in [3.05, 3.63) is 59.9 Å². The Morgan fingerprint density at radius 2 is 2.00 bits per heavy atom. The van der Waals surface area contributed by atoms with E-state index in [9.17, 15) is 9.90 Å². The molecule has 0 bridgehead atoms. The number of hydrogen-bond acceptors (Lipinski definition) is 4. The van der Waals surface area contributed by atoms with Crippen molar-refractivity contribution >= 4 is 12.0 Å². The Balaban J connectivity index is 2.10. The first-order valence-electron chi connectivity index (χ1n) is 5.68. The number of rotatable bonds is 4. The van der Waals surface area contributed by atoms with E-state index in [1.807, 2.05) is 0 Å². The van der Waals surface area contributed by atoms with Crippen LogP contribution < -0.4 is 4.57 Å². The quantitative estimate of drug-likeness (QED) is 0.285. The Bertz CT molecular complexity index is 606. The molecule has 0 aliphatic heterocycles. The molecule has 0 atom stereocenters. The summed E-state index contributed by atoms with van der Waals surface area (Å²) in [5, 5.41) is 20.6. The lowest BCUT2D eigenvalue weighted by Gasteiger charge is -1.99. The fourth-order valence-electron chi connectivity index (χ4n) is 1.66. The molecule has 0 unspecified atom stereocenters. The Labute approximate surface area is 110 Å². The molecule has 0 aliphatic rings. The molecule has 0 fully saturated rings. The maximum Gasteiger partial charge on any atom is 0.227 e. The number of pyridine rings is 1. The highest BCUT2D eigenvalue weighted by Crippen LogP contribution is 2.11. The second kappa shape index (κ2) is 5.77. The molecular formula is C14H13N2O3+. The molecule has 1 aromatic heterocycles. The van der Waals surface area contributed by atoms with Crippen molar-refractivity contribution in [2.45, 2.75) is 6.54 Å². The Morgan fingerprint density at radius 1 is 1.26 bits per heavy atom. The first-order chi connectivity index (χ1) is 9.19. The van der Waals surface area contributed by atoms with E-state index < -0.39 is 0 Å². The van der Waals surface area contributed by atoms with Gasteiger partial charge in [0.2, 0.25) is 12.3 Å². The van der Waals surface area contributed by atoms with Gasteiger partial charge in [0, 0.05) is 23.3 Å². The van der Waals surface area contributed by atoms with Gasteiger partial charge in [-0.1, -0.05) is 17.3 Å². The number of oxime groups is 1. The van der Waals surface area contributed by atoms with E-state index in [1.54, 1.807) is 41.2 Å². The first-order valence-corrected chi connectivity index (χ1v) is 5.68. The normalized spacial score (nSPS) is 10.7. The molecule has 2 aromatic rings. The minimum Gasteiger partial charge on any atom is -0.508 e. The maximum absolute atomic E-state index is 12.0. The van der Waals surface area contributed by atoms with Crippen molar-refractivity contribution in [1.82, 2.24) is 0 Å². The summed E-state index contributed by atoms with van der Waals surface area (Å²) >= 11 is 0. The number of phenols is 1. The number of carbonyl (C=O) groups is 1. The summed E-state index contributed by atoms with van der Waals surface area (Å²) < 4.78 is 1.71. The lowest BCUT2D eigenvalue weighted by molar-refractivity contribution is -0.683. The van der Waals surface area contributed by atoms with Crippen molar-refractivity contribution < 1.29 is 19.7 Å². The van der Waals surface area contributed by atoms with Crippen LogP contribution in [0.3, 0.4) is 0 Å². The van der Waals surface area contributed by atoms with Crippen LogP contribution in [0.15, 0.2) is 53.9 Å². The number of aromatic hydroxyl groups is 1. The summed E-state index contributed by atoms with van der Waals surface area (Å²) in [6.45, 7) is 0.181. The van der Waals surface area contributed by atoms with Crippen LogP contribution in [0.5, 0.6) is 5.75 Å². The summed E-state index contributed by atoms with van der Waals surface area (Å²) in [4.78, 5) is 12.0. The lowest BCUT2D eigenvalue weighted by Crippen LogP contribution is -2.37. The zero-order valence-corrected chi connectivity index (χ0v) is 10.1. The van der Waals surface area contributed by atoms with Gasteiger partial charge in [0.05, 0.1) is 6.21 Å². The number of nitrogens with zero attached hydrogens (tertiary/aromatic N) is 2. The predicted octanol–water partition coefficient (Wildman–Crippen LogP) is 1.37. The van der Waals surface area contributed by atoms with Gasteiger partial charge in [0.1, 0.15) is 5.75 Å². The van der Waals surface area contributed by atoms with Gasteiger partial charge in [0.15, 0.2) is 12.4 Å². The molecule has 19 heavy (non-hydrogen) atoms. The molecule has 5 heteroatoms. The molecule has 0 saturated heterocycles. The van der Waals surface area contributed by atoms with Crippen LogP contribution >= 0.6 is 0 Å². The summed E-state index contributed by atoms with van der Waals surface area (Å²) in [7, 11) is 0. The number of ketones is 1. The zero-order valence-electron chi connectivity index (χ0n) is 10.1. The highest BCUT2D eigenvalue weighted by molar-refractivity contribution is 5.95. The van der Waals surface area contributed by atoms with E-state index in [2.05, 4.69) is 5.16 Å². The molecular weight excluding hydrogens is 244 g/mol. The fraction of sp³-hybridized carbons (Fsp3) is 0.0714. The van der Waals surface area contributed by atoms with Crippen molar-refractivity contribution in [2.75, 3.05) is 0 Å². The maximum atomic E-state index is 12.0. The summed E-state index contributed by atoms with van der Waals surface area (Å²) in [6, 6.07) is 9.72. The largest absolute Gasteiger partial charge is 0.508 e. The molecule has 2 rings (SSSR count). The first kappa shape index (κ1) is 12.8. The topological polar surface area (TPSA) is 73.8 Å². The Kier molecular flexibility index (Phi) is 3.87. The molecule has 0 radical (unpaired) electrons. The zero-order chi connectivity index (χ0) is 13.7. The average Bonchev–Trinajstić information content (AvgIpc) is 2.41. The number of Topliss-reactive ketones (excluding diaryl/α,β-unsaturated/α-hetero) is 1. The van der Waals surface area contributed by atoms with Gasteiger partial charge in [-0.05, 0) is 12.1 Å². The van der Waals surface area contributed by atoms with Crippen LogP contribution in [0, 0.1) is 0 Å². The van der Waals surface area contributed by atoms with E-state index >= 15 is 0 Å². The summed E-state index contributed by atoms with van der Waals surface area (Å²) in [5.74, 6) is -0.0187. The van der Waals surface area contributed by atoms with Gasteiger partial charge in [-0.2, -0.15) is 4.57 Å². The van der Waals surface area contributed by atoms with Crippen molar-refractivity contribution in [2.24, 2.45) is 5.16 Å². The molecule has 0 saturated carbocycles. The predicted molar refractivity (Wildman–Crippen MR) is 68.5 cm³/mol. The van der Waals surface area contributed by atoms with Gasteiger partial charge in [-0.25, -0.2) is 0 Å². The van der Waals surface area contributed by atoms with Crippen LogP contribution in [-0.2, 0) is 6.54 Å². The fourth-order valence-corrected chi connectivity index (χ4v) is 1.66. The number of aromatic nitrogens is 1. The van der Waals surface area contributed by atoms with Crippen molar-refractivity contribution in [1.29, 1.82) is 0 Å². The van der Waals surface area contributed by atoms with Crippen LogP contribution in [-0.4, -0.2) is 22.3 Å². The van der Waals surface area contributed by atoms with Gasteiger partial charge < -0.3 is 10.3 Å². The number of benzene rings is 1. The smallest absolute Gasteiger partial charge is 0.227 e. The minimum atomic E-state index is -0.0931. The summed E-state index contributed by atoms with van der Waals surface area (Å²) in [6.07, 6.45) is 4.75. The molecule has 1 heterocycles. The monoisotopic (exact) mass is 257 g/mol. The highest BCUT2D eigenvalue weighted by Gasteiger charge is 2.12. The van der Waals surface area contributed by atoms with Crippen LogP contribution in [0.25, 0.3) is 0 Å². The van der Waals surface area contributed by atoms with Gasteiger partial charge in [-0.15, -0.1) is 0 Å². The third kappa shape index (κ3) is 3.38. The molecule has 2 N–H and O–H groups in total. The lowest BCUT2D eigenvalue weighted by atomic mass is 10.1. The SMILES string of the molecule is O=C(C[n+]1ccc(C=NO)cc1)c1cccc(O)c1. The number of hydrogen-bond donors (Lipinski definition) is 2. The molecule has 0 amide bonds. The van der Waals surface area contributed by atoms with E-state index in [1.165, 1.54) is 18.3 Å². The molecule has 0 aliphatic carbocycles. The van der Waals surface area contributed by atoms with E-state index in [0.29, 0.717) is 5.56 Å². The van der Waals surface area contributed by atoms with Crippen LogP contribution in [0.2, 0.25) is 0 Å². The van der Waals surface area contributed by atoms with Crippen molar-refractivity contribution in [3.63, 3.8) is 0 Å².